The minimum Gasteiger partial charge on any atom is -0.340 e. The number of aromatic nitrogens is 6. The van der Waals surface area contributed by atoms with Crippen LogP contribution in [0.4, 0.5) is 54.9 Å². The van der Waals surface area contributed by atoms with Crippen LogP contribution >= 0.6 is 62.9 Å². The number of ether oxygens (including phenoxy) is 2. The van der Waals surface area contributed by atoms with Crippen LogP contribution in [0.25, 0.3) is 44.5 Å². The molecule has 5 aliphatic heterocycles. The molecule has 0 amide bonds. The summed E-state index contributed by atoms with van der Waals surface area (Å²) >= 11 is 6.10. The van der Waals surface area contributed by atoms with E-state index in [0.717, 1.165) is 163 Å². The van der Waals surface area contributed by atoms with Crippen molar-refractivity contribution >= 4 is 120 Å². The number of anilines is 3. The van der Waals surface area contributed by atoms with Crippen LogP contribution in [-0.4, -0.2) is 116 Å². The monoisotopic (exact) mass is 1810 g/mol. The summed E-state index contributed by atoms with van der Waals surface area (Å²) in [6.07, 6.45) is 7.13. The third kappa shape index (κ3) is 20.6. The van der Waals surface area contributed by atoms with Crippen LogP contribution in [0.15, 0.2) is 156 Å². The first-order chi connectivity index (χ1) is 54.5. The van der Waals surface area contributed by atoms with E-state index in [2.05, 4.69) is 97.3 Å². The Balaban J connectivity index is 0.000000147. The Morgan fingerprint density at radius 1 is 0.457 bits per heavy atom. The van der Waals surface area contributed by atoms with Gasteiger partial charge >= 0.3 is 49.2 Å². The van der Waals surface area contributed by atoms with Gasteiger partial charge in [-0.25, -0.2) is 29.1 Å². The summed E-state index contributed by atoms with van der Waals surface area (Å²) in [5, 5.41) is 3.77. The number of hydrogen-bond donors (Lipinski definition) is 4. The summed E-state index contributed by atoms with van der Waals surface area (Å²) in [5.41, 5.74) is 11.7. The lowest BCUT2D eigenvalue weighted by Gasteiger charge is -2.30. The Morgan fingerprint density at radius 3 is 1.18 bits per heavy atom. The van der Waals surface area contributed by atoms with Gasteiger partial charge in [0, 0.05) is 84.9 Å². The Labute approximate surface area is 694 Å². The van der Waals surface area contributed by atoms with Crippen LogP contribution < -0.4 is 19.5 Å². The van der Waals surface area contributed by atoms with Gasteiger partial charge in [0.25, 0.3) is 0 Å². The Hall–Kier alpha value is -7.63. The van der Waals surface area contributed by atoms with Gasteiger partial charge in [0.15, 0.2) is 6.29 Å². The summed E-state index contributed by atoms with van der Waals surface area (Å²) in [5.74, 6) is 0. The van der Waals surface area contributed by atoms with Gasteiger partial charge in [0.05, 0.1) is 27.9 Å². The number of nitrogens with zero attached hydrogens (tertiary/aromatic N) is 9. The van der Waals surface area contributed by atoms with Crippen molar-refractivity contribution in [3.63, 3.8) is 0 Å². The van der Waals surface area contributed by atoms with Crippen molar-refractivity contribution in [1.29, 1.82) is 0 Å². The highest BCUT2D eigenvalue weighted by atomic mass is 79.9. The number of halogens is 11. The number of alkyl halides is 9. The minimum absolute atomic E-state index is 0. The van der Waals surface area contributed by atoms with Crippen molar-refractivity contribution in [2.75, 3.05) is 46.9 Å². The largest absolute Gasteiger partial charge is 0.416 e. The van der Waals surface area contributed by atoms with E-state index in [1.54, 1.807) is 12.1 Å². The fraction of sp³-hybridized carbons (Fsp3) is 0.385. The Kier molecular flexibility index (Phi) is 27.3. The molecule has 1 fully saturated rings. The molecular weight excluding hydrogens is 1730 g/mol. The van der Waals surface area contributed by atoms with Gasteiger partial charge in [0.1, 0.15) is 19.0 Å². The van der Waals surface area contributed by atoms with Gasteiger partial charge in [-0.1, -0.05) is 107 Å². The van der Waals surface area contributed by atoms with Gasteiger partial charge < -0.3 is 14.8 Å². The molecule has 0 bridgehead atoms. The lowest BCUT2D eigenvalue weighted by atomic mass is 9.84. The predicted molar refractivity (Wildman–Crippen MR) is 438 cm³/mol. The molecule has 9 aromatic rings. The summed E-state index contributed by atoms with van der Waals surface area (Å²) in [7, 11) is -11.4. The lowest BCUT2D eigenvalue weighted by molar-refractivity contribution is -0.138. The zero-order valence-electron chi connectivity index (χ0n) is 63.0. The van der Waals surface area contributed by atoms with E-state index in [0.29, 0.717) is 59.9 Å². The highest BCUT2D eigenvalue weighted by Crippen LogP contribution is 2.47. The fourth-order valence-corrected chi connectivity index (χ4v) is 20.7. The first-order valence-electron chi connectivity index (χ1n) is 36.9. The maximum Gasteiger partial charge on any atom is 0.416 e. The Morgan fingerprint density at radius 2 is 0.836 bits per heavy atom. The molecule has 6 aromatic carbocycles. The second kappa shape index (κ2) is 36.1. The topological polar surface area (TPSA) is 256 Å². The van der Waals surface area contributed by atoms with Crippen LogP contribution in [0.5, 0.6) is 0 Å². The average Bonchev–Trinajstić information content (AvgIpc) is 0.836. The first kappa shape index (κ1) is 87.7. The molecule has 7 aliphatic rings. The van der Waals surface area contributed by atoms with Gasteiger partial charge in [-0.2, -0.15) is 90.8 Å². The normalized spacial score (nSPS) is 18.1. The molecule has 3 aromatic heterocycles. The molecule has 0 unspecified atom stereocenters. The predicted octanol–water partition coefficient (Wildman–Crippen LogP) is 18.8. The van der Waals surface area contributed by atoms with Crippen LogP contribution in [0.1, 0.15) is 147 Å². The number of hydrogen-bond acceptors (Lipinski definition) is 18. The number of rotatable bonds is 15. The van der Waals surface area contributed by atoms with Crippen LogP contribution in [0.2, 0.25) is 0 Å². The maximum absolute atomic E-state index is 13.5. The molecule has 38 heteroatoms. The number of nitrogens with one attached hydrogen (secondary N) is 4. The van der Waals surface area contributed by atoms with Crippen molar-refractivity contribution in [2.45, 2.75) is 160 Å². The minimum atomic E-state index is -4.44. The van der Waals surface area contributed by atoms with Gasteiger partial charge in [-0.05, 0) is 242 Å². The van der Waals surface area contributed by atoms with Crippen molar-refractivity contribution in [3.8, 4) is 33.4 Å². The molecule has 0 atom stereocenters. The van der Waals surface area contributed by atoms with E-state index < -0.39 is 65.8 Å². The molecule has 21 nitrogen and oxygen atoms in total. The van der Waals surface area contributed by atoms with Crippen molar-refractivity contribution < 1.29 is 74.2 Å². The fourth-order valence-electron chi connectivity index (χ4n) is 14.7. The zero-order valence-corrected chi connectivity index (χ0v) is 70.3. The van der Waals surface area contributed by atoms with Crippen LogP contribution in [-0.2, 0) is 97.5 Å². The molecule has 0 spiro atoms. The summed E-state index contributed by atoms with van der Waals surface area (Å²) in [6, 6.07) is 28.0. The average molecular weight is 1810 g/mol. The van der Waals surface area contributed by atoms with E-state index >= 15 is 0 Å². The quantitative estimate of drug-likeness (QED) is 0.0550. The standard InChI is InChI=1S/C24H23F3N4O2S2.C23H22F3N5O2S2.C18H14BrF3N4O2S2.C13H22O2.ClH/c25-24(26,27)18-9-10-21(22(13-18)16-5-2-1-3-6-16)20-8-4-7-17-14-31(12-11-19(17)20)35(32,33)30-23-28-15-29-34-23;24-23(25,26)17-4-5-20(21(12-17)15-6-9-27-10-7-15)19-3-1-2-16-13-31(11-8-18(16)19)35(32,33)30-22-28-14-29-34-22;19-16-8-12(18(20,21)22)4-5-15(16)14-3-1-2-11-9-26(7-6-13(11)14)30(27,28)25-17-23-10-24-29-17;1-12(2)13(3,4)15-11(14-12)10-8-6-5-7-9-10;/h4-5,7-10,13,15H,1-3,6,11-12,14H2,(H,28,29,30);1-6,12,14,27H,7-11,13H2,(H,28,29,30);1-5,8,10H,6-7,9H2,(H,23,24,25);8,11H,5-7,9H2,1-4H3;1H. The SMILES string of the molecule is CC1(C)OC(C2=CCCCC2)OC1(C)C.Cl.O=S(=O)(Nc1ncns1)N1CCc2c(cccc2-c2ccc(C(F)(F)F)cc2Br)C1.O=S(=O)(Nc1ncns1)N1CCc2c(cccc2-c2ccc(C(F)(F)F)cc2C2=CCCCC2)C1.O=S(=O)(Nc1ncns1)N1CCc2c(cccc2-c2ccc(C(F)(F)F)cc2C2=CCNCC2)C1. The van der Waals surface area contributed by atoms with Crippen molar-refractivity contribution in [3.05, 3.63) is 218 Å². The molecule has 4 N–H and O–H groups in total. The third-order valence-corrected chi connectivity index (χ3v) is 28.3. The third-order valence-electron chi connectivity index (χ3n) is 21.2. The molecule has 0 saturated carbocycles. The highest BCUT2D eigenvalue weighted by molar-refractivity contribution is 9.10. The number of benzene rings is 6. The molecule has 1 saturated heterocycles. The van der Waals surface area contributed by atoms with Gasteiger partial charge in [-0.15, -0.1) is 12.4 Å². The molecule has 0 radical (unpaired) electrons. The zero-order chi connectivity index (χ0) is 81.9. The molecule has 16 rings (SSSR count). The Bertz CT molecular complexity index is 5240. The summed E-state index contributed by atoms with van der Waals surface area (Å²) in [4.78, 5) is 11.6. The molecule has 2 aliphatic carbocycles. The van der Waals surface area contributed by atoms with Crippen LogP contribution in [0.3, 0.4) is 0 Å². The smallest absolute Gasteiger partial charge is 0.340 e. The molecular formula is C78H82BrClF9N13O8S6. The van der Waals surface area contributed by atoms with Crippen molar-refractivity contribution in [2.24, 2.45) is 0 Å². The van der Waals surface area contributed by atoms with E-state index in [1.807, 2.05) is 60.7 Å². The first-order valence-corrected chi connectivity index (χ1v) is 44.4. The molecule has 116 heavy (non-hydrogen) atoms. The molecule has 620 valence electrons. The van der Waals surface area contributed by atoms with Gasteiger partial charge in [-0.3, -0.25) is 0 Å². The highest BCUT2D eigenvalue weighted by Gasteiger charge is 2.50. The number of allylic oxidation sites excluding steroid dienone is 3. The van der Waals surface area contributed by atoms with E-state index in [1.165, 1.54) is 81.0 Å². The number of fused-ring (bicyclic) bond motifs is 3. The second-order valence-electron chi connectivity index (χ2n) is 29.1. The molecule has 8 heterocycles. The van der Waals surface area contributed by atoms with Gasteiger partial charge in [0.2, 0.25) is 15.4 Å². The summed E-state index contributed by atoms with van der Waals surface area (Å²) in [6.45, 7) is 10.9. The lowest BCUT2D eigenvalue weighted by Crippen LogP contribution is -2.41. The van der Waals surface area contributed by atoms with E-state index in [-0.39, 0.29) is 84.6 Å². The van der Waals surface area contributed by atoms with E-state index in [4.69, 9.17) is 9.47 Å². The maximum atomic E-state index is 13.5. The van der Waals surface area contributed by atoms with E-state index in [9.17, 15) is 64.8 Å². The van der Waals surface area contributed by atoms with Crippen molar-refractivity contribution in [1.82, 2.24) is 46.3 Å². The van der Waals surface area contributed by atoms with Crippen LogP contribution in [0, 0.1) is 0 Å². The summed E-state index contributed by atoms with van der Waals surface area (Å²) < 4.78 is 232. The second-order valence-corrected chi connectivity index (χ2v) is 37.3.